The Labute approximate surface area is 111 Å². The van der Waals surface area contributed by atoms with Crippen LogP contribution < -0.4 is 10.6 Å². The minimum absolute atomic E-state index is 0.589. The van der Waals surface area contributed by atoms with E-state index in [2.05, 4.69) is 53.4 Å². The van der Waals surface area contributed by atoms with E-state index in [1.54, 1.807) is 0 Å². The molecule has 0 saturated heterocycles. The fourth-order valence-electron chi connectivity index (χ4n) is 1.23. The molecule has 1 rings (SSSR count). The highest BCUT2D eigenvalue weighted by atomic mass is 79.9. The van der Waals surface area contributed by atoms with Gasteiger partial charge in [-0.2, -0.15) is 0 Å². The summed E-state index contributed by atoms with van der Waals surface area (Å²) < 4.78 is 1.08. The fourth-order valence-corrected chi connectivity index (χ4v) is 1.90. The summed E-state index contributed by atoms with van der Waals surface area (Å²) in [6.07, 6.45) is 0. The Hall–Kier alpha value is -0.610. The molecule has 88 valence electrons. The molecule has 4 heteroatoms. The highest BCUT2D eigenvalue weighted by molar-refractivity contribution is 9.10. The van der Waals surface area contributed by atoms with Gasteiger partial charge in [0.25, 0.3) is 0 Å². The zero-order valence-corrected chi connectivity index (χ0v) is 12.2. The molecule has 0 aliphatic heterocycles. The molecule has 0 aliphatic rings. The maximum Gasteiger partial charge on any atom is 0.170 e. The quantitative estimate of drug-likeness (QED) is 0.833. The van der Waals surface area contributed by atoms with Gasteiger partial charge in [0, 0.05) is 16.7 Å². The van der Waals surface area contributed by atoms with E-state index in [0.29, 0.717) is 11.0 Å². The Morgan fingerprint density at radius 2 is 2.12 bits per heavy atom. The topological polar surface area (TPSA) is 24.1 Å². The number of aryl methyl sites for hydroxylation is 1. The molecule has 0 fully saturated rings. The van der Waals surface area contributed by atoms with E-state index in [-0.39, 0.29) is 0 Å². The van der Waals surface area contributed by atoms with Crippen molar-refractivity contribution in [2.75, 3.05) is 11.9 Å². The Morgan fingerprint density at radius 3 is 2.69 bits per heavy atom. The van der Waals surface area contributed by atoms with Crippen LogP contribution in [0, 0.1) is 12.8 Å². The molecule has 0 amide bonds. The lowest BCUT2D eigenvalue weighted by Crippen LogP contribution is -2.31. The summed E-state index contributed by atoms with van der Waals surface area (Å²) in [7, 11) is 0. The average Bonchev–Trinajstić information content (AvgIpc) is 2.19. The van der Waals surface area contributed by atoms with Crippen LogP contribution in [0.4, 0.5) is 5.69 Å². The molecule has 0 atom stereocenters. The zero-order valence-electron chi connectivity index (χ0n) is 9.80. The molecule has 1 aromatic rings. The van der Waals surface area contributed by atoms with Crippen LogP contribution in [-0.2, 0) is 0 Å². The van der Waals surface area contributed by atoms with Gasteiger partial charge in [0.05, 0.1) is 0 Å². The lowest BCUT2D eigenvalue weighted by atomic mass is 10.2. The van der Waals surface area contributed by atoms with Gasteiger partial charge in [0.1, 0.15) is 0 Å². The summed E-state index contributed by atoms with van der Waals surface area (Å²) in [6.45, 7) is 7.25. The van der Waals surface area contributed by atoms with Crippen molar-refractivity contribution in [2.45, 2.75) is 20.8 Å². The fraction of sp³-hybridized carbons (Fsp3) is 0.417. The van der Waals surface area contributed by atoms with Gasteiger partial charge < -0.3 is 10.6 Å². The van der Waals surface area contributed by atoms with Crippen LogP contribution in [0.3, 0.4) is 0 Å². The summed E-state index contributed by atoms with van der Waals surface area (Å²) in [5.41, 5.74) is 2.22. The van der Waals surface area contributed by atoms with Crippen molar-refractivity contribution in [1.82, 2.24) is 5.32 Å². The van der Waals surface area contributed by atoms with Gasteiger partial charge in [0.15, 0.2) is 5.11 Å². The number of benzene rings is 1. The molecule has 0 radical (unpaired) electrons. The predicted molar refractivity (Wildman–Crippen MR) is 77.9 cm³/mol. The molecule has 1 aromatic carbocycles. The van der Waals surface area contributed by atoms with E-state index in [0.717, 1.165) is 16.7 Å². The smallest absolute Gasteiger partial charge is 0.170 e. The monoisotopic (exact) mass is 300 g/mol. The molecule has 0 saturated carbocycles. The lowest BCUT2D eigenvalue weighted by molar-refractivity contribution is 0.627. The SMILES string of the molecule is Cc1cc(Br)ccc1NC(=S)NCC(C)C. The van der Waals surface area contributed by atoms with Gasteiger partial charge in [-0.15, -0.1) is 0 Å². The maximum atomic E-state index is 5.21. The molecule has 2 N–H and O–H groups in total. The second kappa shape index (κ2) is 6.21. The molecule has 2 nitrogen and oxygen atoms in total. The highest BCUT2D eigenvalue weighted by Gasteiger charge is 2.02. The lowest BCUT2D eigenvalue weighted by Gasteiger charge is -2.13. The predicted octanol–water partition coefficient (Wildman–Crippen LogP) is 3.70. The summed E-state index contributed by atoms with van der Waals surface area (Å²) in [5, 5.41) is 7.05. The maximum absolute atomic E-state index is 5.21. The molecule has 0 spiro atoms. The second-order valence-electron chi connectivity index (χ2n) is 4.19. The van der Waals surface area contributed by atoms with E-state index in [4.69, 9.17) is 12.2 Å². The van der Waals surface area contributed by atoms with Crippen molar-refractivity contribution >= 4 is 38.9 Å². The van der Waals surface area contributed by atoms with Crippen LogP contribution in [0.5, 0.6) is 0 Å². The highest BCUT2D eigenvalue weighted by Crippen LogP contribution is 2.19. The first-order valence-corrected chi connectivity index (χ1v) is 6.50. The van der Waals surface area contributed by atoms with E-state index < -0.39 is 0 Å². The molecule has 0 unspecified atom stereocenters. The van der Waals surface area contributed by atoms with Crippen LogP contribution in [0.2, 0.25) is 0 Å². The Balaban J connectivity index is 2.56. The van der Waals surface area contributed by atoms with Crippen LogP contribution in [0.25, 0.3) is 0 Å². The van der Waals surface area contributed by atoms with Crippen LogP contribution in [0.1, 0.15) is 19.4 Å². The number of hydrogen-bond acceptors (Lipinski definition) is 1. The first kappa shape index (κ1) is 13.5. The molecule has 0 aromatic heterocycles. The molecule has 0 heterocycles. The van der Waals surface area contributed by atoms with Gasteiger partial charge >= 0.3 is 0 Å². The first-order valence-electron chi connectivity index (χ1n) is 5.30. The van der Waals surface area contributed by atoms with Crippen LogP contribution >= 0.6 is 28.1 Å². The number of halogens is 1. The Bertz CT molecular complexity index is 377. The Kier molecular flexibility index (Phi) is 5.22. The van der Waals surface area contributed by atoms with E-state index in [1.165, 1.54) is 5.56 Å². The molecule has 0 aliphatic carbocycles. The van der Waals surface area contributed by atoms with E-state index in [1.807, 2.05) is 12.1 Å². The second-order valence-corrected chi connectivity index (χ2v) is 5.51. The van der Waals surface area contributed by atoms with Crippen molar-refractivity contribution in [3.8, 4) is 0 Å². The van der Waals surface area contributed by atoms with Gasteiger partial charge in [-0.25, -0.2) is 0 Å². The first-order chi connectivity index (χ1) is 7.49. The van der Waals surface area contributed by atoms with Crippen molar-refractivity contribution < 1.29 is 0 Å². The van der Waals surface area contributed by atoms with Crippen molar-refractivity contribution in [3.63, 3.8) is 0 Å². The normalized spacial score (nSPS) is 10.3. The van der Waals surface area contributed by atoms with E-state index in [9.17, 15) is 0 Å². The zero-order chi connectivity index (χ0) is 12.1. The molecule has 0 bridgehead atoms. The molecular formula is C12H17BrN2S. The number of thiocarbonyl (C=S) groups is 1. The van der Waals surface area contributed by atoms with Crippen molar-refractivity contribution in [3.05, 3.63) is 28.2 Å². The average molecular weight is 301 g/mol. The van der Waals surface area contributed by atoms with Gasteiger partial charge in [-0.05, 0) is 48.8 Å². The van der Waals surface area contributed by atoms with Crippen molar-refractivity contribution in [2.24, 2.45) is 5.92 Å². The molecular weight excluding hydrogens is 284 g/mol. The third kappa shape index (κ3) is 4.49. The van der Waals surface area contributed by atoms with Gasteiger partial charge in [-0.3, -0.25) is 0 Å². The Morgan fingerprint density at radius 1 is 1.44 bits per heavy atom. The van der Waals surface area contributed by atoms with Gasteiger partial charge in [0.2, 0.25) is 0 Å². The summed E-state index contributed by atoms with van der Waals surface area (Å²) in [5.74, 6) is 0.589. The third-order valence-corrected chi connectivity index (χ3v) is 2.85. The summed E-state index contributed by atoms with van der Waals surface area (Å²) in [4.78, 5) is 0. The van der Waals surface area contributed by atoms with Crippen molar-refractivity contribution in [1.29, 1.82) is 0 Å². The van der Waals surface area contributed by atoms with E-state index >= 15 is 0 Å². The number of nitrogens with one attached hydrogen (secondary N) is 2. The van der Waals surface area contributed by atoms with Gasteiger partial charge in [-0.1, -0.05) is 29.8 Å². The number of hydrogen-bond donors (Lipinski definition) is 2. The largest absolute Gasteiger partial charge is 0.362 e. The standard InChI is InChI=1S/C12H17BrN2S/c1-8(2)7-14-12(16)15-11-5-4-10(13)6-9(11)3/h4-6,8H,7H2,1-3H3,(H2,14,15,16). The summed E-state index contributed by atoms with van der Waals surface area (Å²) in [6, 6.07) is 6.08. The number of rotatable bonds is 3. The third-order valence-electron chi connectivity index (χ3n) is 2.11. The molecule has 16 heavy (non-hydrogen) atoms. The summed E-state index contributed by atoms with van der Waals surface area (Å²) >= 11 is 8.65. The van der Waals surface area contributed by atoms with Crippen LogP contribution in [-0.4, -0.2) is 11.7 Å². The minimum atomic E-state index is 0.589. The van der Waals surface area contributed by atoms with Crippen LogP contribution in [0.15, 0.2) is 22.7 Å². The number of anilines is 1. The minimum Gasteiger partial charge on any atom is -0.362 e.